The van der Waals surface area contributed by atoms with Crippen molar-refractivity contribution in [2.24, 2.45) is 0 Å². The lowest BCUT2D eigenvalue weighted by molar-refractivity contribution is -0.134. The van der Waals surface area contributed by atoms with E-state index in [1.165, 1.54) is 6.07 Å². The van der Waals surface area contributed by atoms with Gasteiger partial charge in [0.15, 0.2) is 18.1 Å². The molecule has 0 aliphatic rings. The zero-order valence-electron chi connectivity index (χ0n) is 16.0. The molecule has 0 fully saturated rings. The quantitative estimate of drug-likeness (QED) is 0.535. The molecule has 0 atom stereocenters. The highest BCUT2D eigenvalue weighted by Crippen LogP contribution is 2.28. The van der Waals surface area contributed by atoms with Crippen LogP contribution in [0, 0.1) is 0 Å². The first-order valence-electron chi connectivity index (χ1n) is 8.61. The Bertz CT molecular complexity index is 856. The number of methoxy groups -OCH3 is 2. The van der Waals surface area contributed by atoms with Crippen LogP contribution in [-0.4, -0.2) is 44.1 Å². The Balaban J connectivity index is 2.01. The van der Waals surface area contributed by atoms with E-state index >= 15 is 0 Å². The lowest BCUT2D eigenvalue weighted by Gasteiger charge is -2.21. The number of nitrogen functional groups attached to an aromatic ring is 1. The van der Waals surface area contributed by atoms with Crippen molar-refractivity contribution in [3.63, 3.8) is 0 Å². The van der Waals surface area contributed by atoms with Gasteiger partial charge in [0.25, 0.3) is 5.91 Å². The second kappa shape index (κ2) is 9.85. The van der Waals surface area contributed by atoms with Gasteiger partial charge in [-0.15, -0.1) is 0 Å². The SMILES string of the molecule is CCN(Cc1ccc(OC)c(OC)c1)C(=O)COC(=O)c1cccc(Cl)c1N. The highest BCUT2D eigenvalue weighted by Gasteiger charge is 2.18. The minimum Gasteiger partial charge on any atom is -0.493 e. The van der Waals surface area contributed by atoms with Crippen molar-refractivity contribution in [2.75, 3.05) is 33.1 Å². The molecule has 0 saturated carbocycles. The Kier molecular flexibility index (Phi) is 7.52. The molecule has 0 aliphatic carbocycles. The molecule has 0 bridgehead atoms. The van der Waals surface area contributed by atoms with Gasteiger partial charge in [-0.2, -0.15) is 0 Å². The summed E-state index contributed by atoms with van der Waals surface area (Å²) in [5, 5.41) is 0.254. The fourth-order valence-corrected chi connectivity index (χ4v) is 2.76. The van der Waals surface area contributed by atoms with Gasteiger partial charge in [-0.3, -0.25) is 4.79 Å². The van der Waals surface area contributed by atoms with Crippen LogP contribution in [0.3, 0.4) is 0 Å². The molecule has 2 N–H and O–H groups in total. The van der Waals surface area contributed by atoms with Gasteiger partial charge in [-0.05, 0) is 36.8 Å². The van der Waals surface area contributed by atoms with Gasteiger partial charge in [0.2, 0.25) is 0 Å². The van der Waals surface area contributed by atoms with Gasteiger partial charge in [0.1, 0.15) is 0 Å². The number of amides is 1. The molecule has 0 heterocycles. The number of nitrogens with zero attached hydrogens (tertiary/aromatic N) is 1. The average Bonchev–Trinajstić information content (AvgIpc) is 2.71. The molecule has 2 rings (SSSR count). The first-order valence-corrected chi connectivity index (χ1v) is 8.98. The van der Waals surface area contributed by atoms with Crippen LogP contribution in [0.15, 0.2) is 36.4 Å². The molecule has 2 aromatic carbocycles. The van der Waals surface area contributed by atoms with E-state index in [4.69, 9.17) is 31.5 Å². The molecule has 0 unspecified atom stereocenters. The Morgan fingerprint density at radius 1 is 1.11 bits per heavy atom. The number of ether oxygens (including phenoxy) is 3. The van der Waals surface area contributed by atoms with Crippen molar-refractivity contribution in [3.8, 4) is 11.5 Å². The second-order valence-electron chi connectivity index (χ2n) is 5.87. The van der Waals surface area contributed by atoms with Crippen LogP contribution in [-0.2, 0) is 16.1 Å². The maximum Gasteiger partial charge on any atom is 0.340 e. The van der Waals surface area contributed by atoms with Gasteiger partial charge < -0.3 is 24.8 Å². The number of benzene rings is 2. The topological polar surface area (TPSA) is 91.1 Å². The minimum atomic E-state index is -0.699. The second-order valence-corrected chi connectivity index (χ2v) is 6.28. The van der Waals surface area contributed by atoms with E-state index in [0.29, 0.717) is 24.6 Å². The van der Waals surface area contributed by atoms with Crippen LogP contribution in [0.4, 0.5) is 5.69 Å². The lowest BCUT2D eigenvalue weighted by Crippen LogP contribution is -2.34. The molecule has 0 radical (unpaired) electrons. The maximum absolute atomic E-state index is 12.5. The van der Waals surface area contributed by atoms with Gasteiger partial charge in [-0.25, -0.2) is 4.79 Å². The summed E-state index contributed by atoms with van der Waals surface area (Å²) in [6, 6.07) is 10.1. The van der Waals surface area contributed by atoms with E-state index < -0.39 is 12.6 Å². The number of esters is 1. The Morgan fingerprint density at radius 3 is 2.46 bits per heavy atom. The Morgan fingerprint density at radius 2 is 1.82 bits per heavy atom. The molecule has 7 nitrogen and oxygen atoms in total. The normalized spacial score (nSPS) is 10.3. The van der Waals surface area contributed by atoms with Crippen LogP contribution < -0.4 is 15.2 Å². The molecule has 0 spiro atoms. The first kappa shape index (κ1) is 21.4. The van der Waals surface area contributed by atoms with E-state index in [9.17, 15) is 9.59 Å². The summed E-state index contributed by atoms with van der Waals surface area (Å²) in [5.41, 5.74) is 6.89. The zero-order chi connectivity index (χ0) is 20.7. The monoisotopic (exact) mass is 406 g/mol. The third-order valence-electron chi connectivity index (χ3n) is 4.16. The number of carbonyl (C=O) groups excluding carboxylic acids is 2. The van der Waals surface area contributed by atoms with Crippen molar-refractivity contribution in [1.82, 2.24) is 4.90 Å². The number of halogens is 1. The highest BCUT2D eigenvalue weighted by atomic mass is 35.5. The smallest absolute Gasteiger partial charge is 0.340 e. The van der Waals surface area contributed by atoms with Crippen molar-refractivity contribution >= 4 is 29.2 Å². The first-order chi connectivity index (χ1) is 13.4. The maximum atomic E-state index is 12.5. The van der Waals surface area contributed by atoms with Crippen LogP contribution in [0.5, 0.6) is 11.5 Å². The number of rotatable bonds is 8. The lowest BCUT2D eigenvalue weighted by atomic mass is 10.2. The van der Waals surface area contributed by atoms with Crippen molar-refractivity contribution in [2.45, 2.75) is 13.5 Å². The Labute approximate surface area is 168 Å². The summed E-state index contributed by atoms with van der Waals surface area (Å²) < 4.78 is 15.6. The minimum absolute atomic E-state index is 0.124. The van der Waals surface area contributed by atoms with Crippen molar-refractivity contribution in [3.05, 3.63) is 52.5 Å². The summed E-state index contributed by atoms with van der Waals surface area (Å²) in [6.45, 7) is 2.23. The fraction of sp³-hybridized carbons (Fsp3) is 0.300. The molecule has 8 heteroatoms. The molecular formula is C20H23ClN2O5. The summed E-state index contributed by atoms with van der Waals surface area (Å²) in [5.74, 6) is 0.154. The molecule has 0 saturated heterocycles. The van der Waals surface area contributed by atoms with E-state index in [0.717, 1.165) is 5.56 Å². The standard InChI is InChI=1S/C20H23ClN2O5/c1-4-23(11-13-8-9-16(26-2)17(10-13)27-3)18(24)12-28-20(25)14-6-5-7-15(21)19(14)22/h5-10H,4,11-12,22H2,1-3H3. The third-order valence-corrected chi connectivity index (χ3v) is 4.48. The summed E-state index contributed by atoms with van der Waals surface area (Å²) >= 11 is 5.90. The van der Waals surface area contributed by atoms with Crippen LogP contribution in [0.25, 0.3) is 0 Å². The highest BCUT2D eigenvalue weighted by molar-refractivity contribution is 6.33. The van der Waals surface area contributed by atoms with E-state index in [2.05, 4.69) is 0 Å². The molecule has 28 heavy (non-hydrogen) atoms. The summed E-state index contributed by atoms with van der Waals surface area (Å²) in [6.07, 6.45) is 0. The predicted octanol–water partition coefficient (Wildman–Crippen LogP) is 3.14. The van der Waals surface area contributed by atoms with Gasteiger partial charge in [0, 0.05) is 13.1 Å². The number of hydrogen-bond acceptors (Lipinski definition) is 6. The van der Waals surface area contributed by atoms with Crippen LogP contribution in [0.1, 0.15) is 22.8 Å². The number of carbonyl (C=O) groups is 2. The number of hydrogen-bond donors (Lipinski definition) is 1. The van der Waals surface area contributed by atoms with Gasteiger partial charge in [0.05, 0.1) is 30.5 Å². The molecular weight excluding hydrogens is 384 g/mol. The zero-order valence-corrected chi connectivity index (χ0v) is 16.8. The number of anilines is 1. The largest absolute Gasteiger partial charge is 0.493 e. The molecule has 0 aliphatic heterocycles. The van der Waals surface area contributed by atoms with Gasteiger partial charge >= 0.3 is 5.97 Å². The van der Waals surface area contributed by atoms with Crippen LogP contribution in [0.2, 0.25) is 5.02 Å². The van der Waals surface area contributed by atoms with Gasteiger partial charge in [-0.1, -0.05) is 23.7 Å². The third kappa shape index (κ3) is 5.07. The summed E-state index contributed by atoms with van der Waals surface area (Å²) in [4.78, 5) is 26.2. The van der Waals surface area contributed by atoms with E-state index in [-0.39, 0.29) is 22.2 Å². The van der Waals surface area contributed by atoms with Crippen molar-refractivity contribution < 1.29 is 23.8 Å². The predicted molar refractivity (Wildman–Crippen MR) is 107 cm³/mol. The Hall–Kier alpha value is -2.93. The van der Waals surface area contributed by atoms with Crippen molar-refractivity contribution in [1.29, 1.82) is 0 Å². The fourth-order valence-electron chi connectivity index (χ4n) is 2.59. The molecule has 150 valence electrons. The number of nitrogens with two attached hydrogens (primary N) is 1. The van der Waals surface area contributed by atoms with E-state index in [1.807, 2.05) is 13.0 Å². The molecule has 0 aromatic heterocycles. The van der Waals surface area contributed by atoms with Crippen LogP contribution >= 0.6 is 11.6 Å². The molecule has 2 aromatic rings. The average molecular weight is 407 g/mol. The van der Waals surface area contributed by atoms with E-state index in [1.54, 1.807) is 43.4 Å². The summed E-state index contributed by atoms with van der Waals surface area (Å²) in [7, 11) is 3.10. The number of para-hydroxylation sites is 1. The number of likely N-dealkylation sites (N-methyl/N-ethyl adjacent to an activating group) is 1. The molecule has 1 amide bonds.